The van der Waals surface area contributed by atoms with Crippen LogP contribution in [0.15, 0.2) is 24.7 Å². The smallest absolute Gasteiger partial charge is 0.201 e. The summed E-state index contributed by atoms with van der Waals surface area (Å²) in [5.74, 6) is -2.17. The van der Waals surface area contributed by atoms with Gasteiger partial charge in [-0.25, -0.2) is 23.1 Å². The number of hydrogen-bond acceptors (Lipinski definition) is 7. The number of aromatic amines is 1. The number of hydrogen-bond donors (Lipinski definition) is 3. The molecule has 3 heterocycles. The van der Waals surface area contributed by atoms with Gasteiger partial charge in [0.2, 0.25) is 5.78 Å². The summed E-state index contributed by atoms with van der Waals surface area (Å²) < 4.78 is 34.9. The zero-order valence-corrected chi connectivity index (χ0v) is 18.2. The molecule has 1 aromatic carbocycles. The molecule has 31 heavy (non-hydrogen) atoms. The van der Waals surface area contributed by atoms with Crippen molar-refractivity contribution in [3.63, 3.8) is 0 Å². The number of carbonyl (C=O) groups excluding carboxylic acids is 1. The number of fused-ring (bicyclic) bond motifs is 1. The molecule has 0 radical (unpaired) electrons. The highest BCUT2D eigenvalue weighted by Gasteiger charge is 2.26. The lowest BCUT2D eigenvalue weighted by atomic mass is 10.0. The van der Waals surface area contributed by atoms with Gasteiger partial charge in [-0.15, -0.1) is 0 Å². The second-order valence-corrected chi connectivity index (χ2v) is 8.65. The molecule has 0 unspecified atom stereocenters. The molecule has 3 aromatic rings. The van der Waals surface area contributed by atoms with Crippen LogP contribution in [0.4, 0.5) is 20.3 Å². The van der Waals surface area contributed by atoms with Crippen molar-refractivity contribution < 1.29 is 13.6 Å². The third-order valence-corrected chi connectivity index (χ3v) is 5.99. The zero-order chi connectivity index (χ0) is 22.0. The molecular formula is C21H24F2N6OS. The Labute approximate surface area is 183 Å². The quantitative estimate of drug-likeness (QED) is 0.357. The molecule has 0 atom stereocenters. The molecule has 0 aliphatic carbocycles. The van der Waals surface area contributed by atoms with E-state index in [-0.39, 0.29) is 17.3 Å². The number of halogens is 2. The highest BCUT2D eigenvalue weighted by atomic mass is 32.2. The lowest BCUT2D eigenvalue weighted by Crippen LogP contribution is -2.24. The monoisotopic (exact) mass is 446 g/mol. The van der Waals surface area contributed by atoms with Crippen molar-refractivity contribution >= 4 is 40.5 Å². The number of carbonyl (C=O) groups is 1. The first-order valence-corrected chi connectivity index (χ1v) is 11.0. The van der Waals surface area contributed by atoms with Gasteiger partial charge in [-0.05, 0) is 38.8 Å². The minimum absolute atomic E-state index is 0.0452. The van der Waals surface area contributed by atoms with E-state index < -0.39 is 23.0 Å². The van der Waals surface area contributed by atoms with E-state index in [0.29, 0.717) is 16.9 Å². The SMILES string of the molecule is CC(C)Nc1ncnc2[nH]cc(C(=O)c3c(F)ccc(NSN4CCCCC4)c3F)c12. The van der Waals surface area contributed by atoms with Crippen molar-refractivity contribution in [2.45, 2.75) is 39.2 Å². The van der Waals surface area contributed by atoms with Gasteiger partial charge in [0.05, 0.1) is 22.2 Å². The van der Waals surface area contributed by atoms with E-state index in [4.69, 9.17) is 0 Å². The molecule has 10 heteroatoms. The summed E-state index contributed by atoms with van der Waals surface area (Å²) in [4.78, 5) is 24.4. The minimum Gasteiger partial charge on any atom is -0.367 e. The van der Waals surface area contributed by atoms with E-state index >= 15 is 4.39 Å². The van der Waals surface area contributed by atoms with Crippen LogP contribution in [0, 0.1) is 11.6 Å². The van der Waals surface area contributed by atoms with Gasteiger partial charge in [-0.2, -0.15) is 0 Å². The first-order chi connectivity index (χ1) is 15.0. The Balaban J connectivity index is 1.67. The number of nitrogens with zero attached hydrogens (tertiary/aromatic N) is 3. The minimum atomic E-state index is -0.918. The van der Waals surface area contributed by atoms with Crippen LogP contribution >= 0.6 is 12.1 Å². The van der Waals surface area contributed by atoms with Crippen LogP contribution < -0.4 is 10.0 Å². The molecule has 1 aliphatic rings. The number of nitrogens with one attached hydrogen (secondary N) is 3. The lowest BCUT2D eigenvalue weighted by Gasteiger charge is -2.25. The normalized spacial score (nSPS) is 14.9. The molecule has 2 aromatic heterocycles. The zero-order valence-electron chi connectivity index (χ0n) is 17.3. The van der Waals surface area contributed by atoms with E-state index in [2.05, 4.69) is 29.3 Å². The molecule has 7 nitrogen and oxygen atoms in total. The Bertz CT molecular complexity index is 1100. The van der Waals surface area contributed by atoms with E-state index in [9.17, 15) is 9.18 Å². The molecule has 0 bridgehead atoms. The molecule has 0 spiro atoms. The number of aromatic nitrogens is 3. The largest absolute Gasteiger partial charge is 0.367 e. The molecule has 0 saturated carbocycles. The van der Waals surface area contributed by atoms with Crippen LogP contribution in [0.25, 0.3) is 11.0 Å². The fraction of sp³-hybridized carbons (Fsp3) is 0.381. The van der Waals surface area contributed by atoms with Gasteiger partial charge in [0.25, 0.3) is 0 Å². The van der Waals surface area contributed by atoms with Crippen LogP contribution in [0.3, 0.4) is 0 Å². The average Bonchev–Trinajstić information content (AvgIpc) is 3.19. The van der Waals surface area contributed by atoms with Gasteiger partial charge in [0, 0.05) is 37.5 Å². The van der Waals surface area contributed by atoms with Crippen molar-refractivity contribution in [1.29, 1.82) is 0 Å². The number of ketones is 1. The molecule has 1 saturated heterocycles. The summed E-state index contributed by atoms with van der Waals surface area (Å²) in [6.45, 7) is 5.65. The summed E-state index contributed by atoms with van der Waals surface area (Å²) >= 11 is 1.27. The van der Waals surface area contributed by atoms with Crippen molar-refractivity contribution in [2.75, 3.05) is 23.1 Å². The summed E-state index contributed by atoms with van der Waals surface area (Å²) in [5.41, 5.74) is -0.0175. The number of anilines is 2. The maximum atomic E-state index is 15.2. The standard InChI is InChI=1S/C21H24F2N6OS/c1-12(2)27-21-16-13(10-24-20(16)25-11-26-21)19(30)17-14(22)6-7-15(18(17)23)28-31-29-8-4-3-5-9-29/h6-7,10-12,28H,3-5,8-9H2,1-2H3,(H2,24,25,26,27). The molecule has 4 rings (SSSR count). The average molecular weight is 447 g/mol. The van der Waals surface area contributed by atoms with Crippen molar-refractivity contribution in [3.8, 4) is 0 Å². The Morgan fingerprint density at radius 3 is 2.71 bits per heavy atom. The second kappa shape index (κ2) is 9.19. The van der Waals surface area contributed by atoms with E-state index in [1.165, 1.54) is 37.1 Å². The van der Waals surface area contributed by atoms with Crippen molar-refractivity contribution in [1.82, 2.24) is 19.3 Å². The Kier molecular flexibility index (Phi) is 6.38. The summed E-state index contributed by atoms with van der Waals surface area (Å²) in [7, 11) is 0. The van der Waals surface area contributed by atoms with Gasteiger partial charge in [0.1, 0.15) is 23.6 Å². The molecule has 3 N–H and O–H groups in total. The van der Waals surface area contributed by atoms with Gasteiger partial charge in [-0.1, -0.05) is 6.42 Å². The predicted molar refractivity (Wildman–Crippen MR) is 119 cm³/mol. The first kappa shape index (κ1) is 21.5. The number of benzene rings is 1. The van der Waals surface area contributed by atoms with E-state index in [1.807, 2.05) is 13.8 Å². The van der Waals surface area contributed by atoms with Gasteiger partial charge in [-0.3, -0.25) is 4.79 Å². The molecular weight excluding hydrogens is 422 g/mol. The van der Waals surface area contributed by atoms with Gasteiger partial charge < -0.3 is 15.0 Å². The highest BCUT2D eigenvalue weighted by molar-refractivity contribution is 7.98. The van der Waals surface area contributed by atoms with Crippen LogP contribution in [0.5, 0.6) is 0 Å². The van der Waals surface area contributed by atoms with Crippen LogP contribution in [-0.4, -0.2) is 44.2 Å². The predicted octanol–water partition coefficient (Wildman–Crippen LogP) is 4.75. The summed E-state index contributed by atoms with van der Waals surface area (Å²) in [5, 5.41) is 3.55. The Morgan fingerprint density at radius 1 is 1.19 bits per heavy atom. The van der Waals surface area contributed by atoms with Gasteiger partial charge >= 0.3 is 0 Å². The Morgan fingerprint density at radius 2 is 1.97 bits per heavy atom. The number of rotatable bonds is 7. The molecule has 1 aliphatic heterocycles. The fourth-order valence-corrected chi connectivity index (χ4v) is 4.39. The molecule has 0 amide bonds. The highest BCUT2D eigenvalue weighted by Crippen LogP contribution is 2.31. The second-order valence-electron chi connectivity index (χ2n) is 7.74. The summed E-state index contributed by atoms with van der Waals surface area (Å²) in [6, 6.07) is 2.46. The van der Waals surface area contributed by atoms with Crippen molar-refractivity contribution in [2.24, 2.45) is 0 Å². The first-order valence-electron chi connectivity index (χ1n) is 10.2. The van der Waals surface area contributed by atoms with Crippen molar-refractivity contribution in [3.05, 3.63) is 47.4 Å². The Hall–Kier alpha value is -2.72. The van der Waals surface area contributed by atoms with Crippen LogP contribution in [-0.2, 0) is 0 Å². The molecule has 164 valence electrons. The topological polar surface area (TPSA) is 85.9 Å². The number of piperidine rings is 1. The number of H-pyrrole nitrogens is 1. The van der Waals surface area contributed by atoms with Crippen LogP contribution in [0.2, 0.25) is 0 Å². The lowest BCUT2D eigenvalue weighted by molar-refractivity contribution is 0.103. The van der Waals surface area contributed by atoms with E-state index in [0.717, 1.165) is 32.0 Å². The summed E-state index contributed by atoms with van der Waals surface area (Å²) in [6.07, 6.45) is 6.12. The van der Waals surface area contributed by atoms with Crippen LogP contribution in [0.1, 0.15) is 49.0 Å². The van der Waals surface area contributed by atoms with Gasteiger partial charge in [0.15, 0.2) is 5.82 Å². The third kappa shape index (κ3) is 4.49. The maximum Gasteiger partial charge on any atom is 0.201 e. The third-order valence-electron chi connectivity index (χ3n) is 5.06. The fourth-order valence-electron chi connectivity index (χ4n) is 3.57. The maximum absolute atomic E-state index is 15.2. The molecule has 1 fully saturated rings. The van der Waals surface area contributed by atoms with E-state index in [1.54, 1.807) is 0 Å².